The summed E-state index contributed by atoms with van der Waals surface area (Å²) in [5.74, 6) is -0.0866. The van der Waals surface area contributed by atoms with E-state index in [-0.39, 0.29) is 12.3 Å². The van der Waals surface area contributed by atoms with Crippen LogP contribution in [0.5, 0.6) is 0 Å². The van der Waals surface area contributed by atoms with Crippen LogP contribution in [-0.2, 0) is 11.2 Å². The van der Waals surface area contributed by atoms with Gasteiger partial charge in [0.2, 0.25) is 5.91 Å². The van der Waals surface area contributed by atoms with Crippen LogP contribution in [0, 0.1) is 13.8 Å². The molecule has 0 radical (unpaired) electrons. The van der Waals surface area contributed by atoms with Crippen molar-refractivity contribution in [3.05, 3.63) is 51.8 Å². The lowest BCUT2D eigenvalue weighted by atomic mass is 10.1. The summed E-state index contributed by atoms with van der Waals surface area (Å²) in [5.41, 5.74) is 4.08. The molecule has 4 nitrogen and oxygen atoms in total. The lowest BCUT2D eigenvalue weighted by Gasteiger charge is -1.98. The lowest BCUT2D eigenvalue weighted by Crippen LogP contribution is -2.14. The van der Waals surface area contributed by atoms with Gasteiger partial charge in [-0.2, -0.15) is 0 Å². The van der Waals surface area contributed by atoms with Crippen LogP contribution in [0.4, 0.5) is 5.13 Å². The van der Waals surface area contributed by atoms with Gasteiger partial charge in [-0.1, -0.05) is 23.5 Å². The molecule has 4 aromatic rings. The van der Waals surface area contributed by atoms with Crippen LogP contribution in [0.2, 0.25) is 0 Å². The van der Waals surface area contributed by atoms with E-state index < -0.39 is 0 Å². The molecule has 0 bridgehead atoms. The second kappa shape index (κ2) is 6.67. The molecule has 7 heteroatoms. The number of nitrogens with one attached hydrogen (secondary N) is 1. The van der Waals surface area contributed by atoms with Gasteiger partial charge < -0.3 is 5.32 Å². The Morgan fingerprint density at radius 1 is 1.20 bits per heavy atom. The maximum absolute atomic E-state index is 12.3. The predicted octanol–water partition coefficient (Wildman–Crippen LogP) is 5.28. The molecule has 4 rings (SSSR count). The van der Waals surface area contributed by atoms with Gasteiger partial charge in [-0.3, -0.25) is 4.79 Å². The Hall–Kier alpha value is -2.09. The Bertz CT molecular complexity index is 1050. The average molecular weight is 386 g/mol. The van der Waals surface area contributed by atoms with Gasteiger partial charge in [-0.25, -0.2) is 9.97 Å². The second-order valence-electron chi connectivity index (χ2n) is 5.79. The third-order valence-corrected chi connectivity index (χ3v) is 6.55. The first-order valence-electron chi connectivity index (χ1n) is 7.74. The van der Waals surface area contributed by atoms with Crippen LogP contribution >= 0.6 is 34.0 Å². The molecule has 0 unspecified atom stereocenters. The summed E-state index contributed by atoms with van der Waals surface area (Å²) >= 11 is 4.73. The summed E-state index contributed by atoms with van der Waals surface area (Å²) in [7, 11) is 0. The maximum atomic E-state index is 12.3. The molecule has 1 amide bonds. The highest BCUT2D eigenvalue weighted by Crippen LogP contribution is 2.30. The fourth-order valence-corrected chi connectivity index (χ4v) is 5.35. The summed E-state index contributed by atoms with van der Waals surface area (Å²) in [6, 6.07) is 8.25. The minimum Gasteiger partial charge on any atom is -0.302 e. The standard InChI is InChI=1S/C18H15N3OS3/c1-10-6-11(2)16-14(7-10)25-18(21-16)20-15(22)8-12-9-24-17(19-12)13-4-3-5-23-13/h3-7,9H,8H2,1-2H3,(H,20,21,22). The molecule has 0 saturated heterocycles. The Morgan fingerprint density at radius 2 is 2.08 bits per heavy atom. The molecule has 0 spiro atoms. The summed E-state index contributed by atoms with van der Waals surface area (Å²) in [5, 5.41) is 8.48. The van der Waals surface area contributed by atoms with Gasteiger partial charge in [0.15, 0.2) is 5.13 Å². The van der Waals surface area contributed by atoms with Crippen LogP contribution in [0.15, 0.2) is 35.0 Å². The normalized spacial score (nSPS) is 11.1. The number of hydrogen-bond donors (Lipinski definition) is 1. The number of carbonyl (C=O) groups is 1. The number of carbonyl (C=O) groups excluding carboxylic acids is 1. The number of thiazole rings is 2. The second-order valence-corrected chi connectivity index (χ2v) is 8.63. The van der Waals surface area contributed by atoms with E-state index in [0.717, 1.165) is 31.4 Å². The molecular formula is C18H15N3OS3. The number of fused-ring (bicyclic) bond motifs is 1. The van der Waals surface area contributed by atoms with Crippen molar-refractivity contribution >= 4 is 55.3 Å². The molecule has 1 N–H and O–H groups in total. The summed E-state index contributed by atoms with van der Waals surface area (Å²) < 4.78 is 1.10. The molecule has 3 aromatic heterocycles. The number of anilines is 1. The van der Waals surface area contributed by atoms with Crippen LogP contribution in [0.3, 0.4) is 0 Å². The minimum absolute atomic E-state index is 0.0866. The zero-order valence-electron chi connectivity index (χ0n) is 13.7. The largest absolute Gasteiger partial charge is 0.302 e. The molecule has 1 aromatic carbocycles. The first-order valence-corrected chi connectivity index (χ1v) is 10.3. The Balaban J connectivity index is 1.48. The maximum Gasteiger partial charge on any atom is 0.232 e. The highest BCUT2D eigenvalue weighted by molar-refractivity contribution is 7.22. The van der Waals surface area contributed by atoms with Crippen LogP contribution in [0.1, 0.15) is 16.8 Å². The van der Waals surface area contributed by atoms with Gasteiger partial charge in [0.05, 0.1) is 27.2 Å². The molecule has 0 saturated carbocycles. The first kappa shape index (κ1) is 16.4. The third-order valence-electron chi connectivity index (χ3n) is 3.70. The molecule has 0 fully saturated rings. The summed E-state index contributed by atoms with van der Waals surface area (Å²) in [6.07, 6.45) is 0.260. The highest BCUT2D eigenvalue weighted by atomic mass is 32.1. The van der Waals surface area contributed by atoms with E-state index in [2.05, 4.69) is 34.3 Å². The van der Waals surface area contributed by atoms with Crippen molar-refractivity contribution in [1.82, 2.24) is 9.97 Å². The number of thiophene rings is 1. The number of aromatic nitrogens is 2. The van der Waals surface area contributed by atoms with Gasteiger partial charge in [-0.05, 0) is 42.5 Å². The molecule has 25 heavy (non-hydrogen) atoms. The van der Waals surface area contributed by atoms with Crippen molar-refractivity contribution in [1.29, 1.82) is 0 Å². The fourth-order valence-electron chi connectivity index (χ4n) is 2.65. The van der Waals surface area contributed by atoms with Crippen LogP contribution in [0.25, 0.3) is 20.1 Å². The smallest absolute Gasteiger partial charge is 0.232 e. The van der Waals surface area contributed by atoms with Gasteiger partial charge in [0.25, 0.3) is 0 Å². The van der Waals surface area contributed by atoms with E-state index in [9.17, 15) is 4.79 Å². The molecular weight excluding hydrogens is 370 g/mol. The fraction of sp³-hybridized carbons (Fsp3) is 0.167. The third kappa shape index (κ3) is 3.49. The van der Waals surface area contributed by atoms with Crippen LogP contribution < -0.4 is 5.32 Å². The van der Waals surface area contributed by atoms with Gasteiger partial charge in [0, 0.05) is 5.38 Å². The van der Waals surface area contributed by atoms with E-state index in [4.69, 9.17) is 0 Å². The number of hydrogen-bond acceptors (Lipinski definition) is 6. The zero-order valence-corrected chi connectivity index (χ0v) is 16.1. The van der Waals surface area contributed by atoms with Crippen molar-refractivity contribution < 1.29 is 4.79 Å². The molecule has 0 atom stereocenters. The van der Waals surface area contributed by atoms with Gasteiger partial charge in [-0.15, -0.1) is 22.7 Å². The molecule has 3 heterocycles. The zero-order chi connectivity index (χ0) is 17.4. The van der Waals surface area contributed by atoms with Crippen molar-refractivity contribution in [2.45, 2.75) is 20.3 Å². The minimum atomic E-state index is -0.0866. The van der Waals surface area contributed by atoms with E-state index >= 15 is 0 Å². The topological polar surface area (TPSA) is 54.9 Å². The van der Waals surface area contributed by atoms with E-state index in [1.54, 1.807) is 22.7 Å². The first-order chi connectivity index (χ1) is 12.1. The Morgan fingerprint density at radius 3 is 2.88 bits per heavy atom. The molecule has 0 aliphatic heterocycles. The molecule has 126 valence electrons. The number of nitrogens with zero attached hydrogens (tertiary/aromatic N) is 2. The summed E-state index contributed by atoms with van der Waals surface area (Å²) in [4.78, 5) is 22.6. The number of amides is 1. The number of rotatable bonds is 4. The monoisotopic (exact) mass is 385 g/mol. The highest BCUT2D eigenvalue weighted by Gasteiger charge is 2.13. The van der Waals surface area contributed by atoms with Gasteiger partial charge in [0.1, 0.15) is 5.01 Å². The van der Waals surface area contributed by atoms with Crippen molar-refractivity contribution in [2.75, 3.05) is 5.32 Å². The van der Waals surface area contributed by atoms with Crippen molar-refractivity contribution in [2.24, 2.45) is 0 Å². The number of benzene rings is 1. The lowest BCUT2D eigenvalue weighted by molar-refractivity contribution is -0.115. The average Bonchev–Trinajstić information content (AvgIpc) is 3.26. The van der Waals surface area contributed by atoms with Crippen molar-refractivity contribution in [3.63, 3.8) is 0 Å². The molecule has 0 aliphatic carbocycles. The summed E-state index contributed by atoms with van der Waals surface area (Å²) in [6.45, 7) is 4.11. The quantitative estimate of drug-likeness (QED) is 0.520. The van der Waals surface area contributed by atoms with Crippen molar-refractivity contribution in [3.8, 4) is 9.88 Å². The Labute approximate surface area is 157 Å². The number of aryl methyl sites for hydroxylation is 2. The molecule has 0 aliphatic rings. The van der Waals surface area contributed by atoms with Gasteiger partial charge >= 0.3 is 0 Å². The van der Waals surface area contributed by atoms with E-state index in [1.807, 2.05) is 29.8 Å². The predicted molar refractivity (Wildman–Crippen MR) is 107 cm³/mol. The van der Waals surface area contributed by atoms with E-state index in [1.165, 1.54) is 16.9 Å². The van der Waals surface area contributed by atoms with E-state index in [0.29, 0.717) is 5.13 Å². The SMILES string of the molecule is Cc1cc(C)c2nc(NC(=O)Cc3csc(-c4cccs4)n3)sc2c1. The Kier molecular flexibility index (Phi) is 4.37. The van der Waals surface area contributed by atoms with Crippen LogP contribution in [-0.4, -0.2) is 15.9 Å².